The summed E-state index contributed by atoms with van der Waals surface area (Å²) in [5.41, 5.74) is 0.775. The zero-order valence-corrected chi connectivity index (χ0v) is 10.7. The number of aromatic nitrogens is 2. The third-order valence-corrected chi connectivity index (χ3v) is 2.53. The van der Waals surface area contributed by atoms with E-state index in [2.05, 4.69) is 26.9 Å². The molecule has 0 saturated heterocycles. The second-order valence-corrected chi connectivity index (χ2v) is 4.06. The Labute approximate surface area is 110 Å². The zero-order valence-electron chi connectivity index (χ0n) is 10.7. The molecule has 0 aliphatic rings. The van der Waals surface area contributed by atoms with Crippen LogP contribution in [0.1, 0.15) is 24.7 Å². The first kappa shape index (κ1) is 13.5. The number of benzene rings is 1. The second kappa shape index (κ2) is 6.84. The number of halogens is 1. The minimum absolute atomic E-state index is 0.197. The maximum absolute atomic E-state index is 13.2. The van der Waals surface area contributed by atoms with Crippen LogP contribution in [0, 0.1) is 5.82 Å². The Balaban J connectivity index is 2.01. The van der Waals surface area contributed by atoms with Gasteiger partial charge < -0.3 is 14.6 Å². The van der Waals surface area contributed by atoms with Crippen molar-refractivity contribution in [3.63, 3.8) is 0 Å². The fraction of sp³-hybridized carbons (Fsp3) is 0.385. The lowest BCUT2D eigenvalue weighted by Crippen LogP contribution is -2.15. The topological polar surface area (TPSA) is 60.2 Å². The summed E-state index contributed by atoms with van der Waals surface area (Å²) in [6, 6.07) is 4.45. The molecule has 0 aliphatic heterocycles. The van der Waals surface area contributed by atoms with Gasteiger partial charge in [-0.3, -0.25) is 0 Å². The number of hydrogen-bond acceptors (Lipinski definition) is 5. The van der Waals surface area contributed by atoms with Crippen molar-refractivity contribution in [1.82, 2.24) is 15.5 Å². The molecule has 0 atom stereocenters. The summed E-state index contributed by atoms with van der Waals surface area (Å²) in [6.07, 6.45) is 2.27. The standard InChI is InChI=1S/C13H16FN3O2/c1-2-5-15-7-10-6-11(14)3-4-12(10)18-8-13-16-9-19-17-13/h3-4,6,9,15H,2,5,7-8H2,1H3. The number of ether oxygens (including phenoxy) is 1. The van der Waals surface area contributed by atoms with E-state index in [0.717, 1.165) is 18.5 Å². The summed E-state index contributed by atoms with van der Waals surface area (Å²) in [5, 5.41) is 6.87. The molecular weight excluding hydrogens is 249 g/mol. The molecule has 0 unspecified atom stereocenters. The van der Waals surface area contributed by atoms with E-state index < -0.39 is 0 Å². The van der Waals surface area contributed by atoms with Crippen LogP contribution in [0.2, 0.25) is 0 Å². The van der Waals surface area contributed by atoms with Crippen molar-refractivity contribution in [2.45, 2.75) is 26.5 Å². The number of nitrogens with one attached hydrogen (secondary N) is 1. The Hall–Kier alpha value is -1.95. The summed E-state index contributed by atoms with van der Waals surface area (Å²) in [4.78, 5) is 3.86. The highest BCUT2D eigenvalue weighted by molar-refractivity contribution is 5.34. The molecule has 102 valence electrons. The van der Waals surface area contributed by atoms with Gasteiger partial charge in [-0.2, -0.15) is 4.98 Å². The molecule has 1 aromatic carbocycles. The quantitative estimate of drug-likeness (QED) is 0.778. The van der Waals surface area contributed by atoms with Crippen LogP contribution in [0.3, 0.4) is 0 Å². The second-order valence-electron chi connectivity index (χ2n) is 4.06. The van der Waals surface area contributed by atoms with E-state index >= 15 is 0 Å². The van der Waals surface area contributed by atoms with Crippen LogP contribution in [0.4, 0.5) is 4.39 Å². The van der Waals surface area contributed by atoms with Gasteiger partial charge in [-0.15, -0.1) is 0 Å². The fourth-order valence-electron chi connectivity index (χ4n) is 1.63. The Morgan fingerprint density at radius 1 is 1.42 bits per heavy atom. The lowest BCUT2D eigenvalue weighted by atomic mass is 10.2. The van der Waals surface area contributed by atoms with Crippen molar-refractivity contribution in [2.75, 3.05) is 6.54 Å². The van der Waals surface area contributed by atoms with Gasteiger partial charge in [0.05, 0.1) is 0 Å². The van der Waals surface area contributed by atoms with Crippen molar-refractivity contribution in [3.8, 4) is 5.75 Å². The Morgan fingerprint density at radius 2 is 2.32 bits per heavy atom. The Bertz CT molecular complexity index is 503. The Morgan fingerprint density at radius 3 is 3.05 bits per heavy atom. The van der Waals surface area contributed by atoms with Gasteiger partial charge in [-0.25, -0.2) is 4.39 Å². The van der Waals surface area contributed by atoms with Crippen LogP contribution in [0.15, 0.2) is 29.1 Å². The molecule has 0 amide bonds. The minimum Gasteiger partial charge on any atom is -0.485 e. The molecule has 0 aliphatic carbocycles. The molecule has 6 heteroatoms. The average molecular weight is 265 g/mol. The summed E-state index contributed by atoms with van der Waals surface area (Å²) in [7, 11) is 0. The molecule has 0 fully saturated rings. The first-order valence-electron chi connectivity index (χ1n) is 6.16. The van der Waals surface area contributed by atoms with Crippen LogP contribution < -0.4 is 10.1 Å². The lowest BCUT2D eigenvalue weighted by Gasteiger charge is -2.11. The molecule has 2 aromatic rings. The maximum Gasteiger partial charge on any atom is 0.213 e. The maximum atomic E-state index is 13.2. The fourth-order valence-corrected chi connectivity index (χ4v) is 1.63. The van der Waals surface area contributed by atoms with Gasteiger partial charge in [0, 0.05) is 12.1 Å². The van der Waals surface area contributed by atoms with Gasteiger partial charge >= 0.3 is 0 Å². The van der Waals surface area contributed by atoms with E-state index in [1.165, 1.54) is 18.5 Å². The van der Waals surface area contributed by atoms with Gasteiger partial charge in [-0.1, -0.05) is 12.1 Å². The van der Waals surface area contributed by atoms with Crippen LogP contribution in [-0.4, -0.2) is 16.7 Å². The summed E-state index contributed by atoms with van der Waals surface area (Å²) in [5.74, 6) is 0.798. The summed E-state index contributed by atoms with van der Waals surface area (Å²) in [6.45, 7) is 3.71. The van der Waals surface area contributed by atoms with E-state index in [1.54, 1.807) is 6.07 Å². The number of nitrogens with zero attached hydrogens (tertiary/aromatic N) is 2. The largest absolute Gasteiger partial charge is 0.485 e. The monoisotopic (exact) mass is 265 g/mol. The van der Waals surface area contributed by atoms with E-state index in [-0.39, 0.29) is 12.4 Å². The van der Waals surface area contributed by atoms with Crippen LogP contribution in [0.25, 0.3) is 0 Å². The van der Waals surface area contributed by atoms with Crippen LogP contribution >= 0.6 is 0 Å². The van der Waals surface area contributed by atoms with Crippen molar-refractivity contribution in [1.29, 1.82) is 0 Å². The number of rotatable bonds is 7. The number of hydrogen-bond donors (Lipinski definition) is 1. The zero-order chi connectivity index (χ0) is 13.5. The predicted octanol–water partition coefficient (Wildman–Crippen LogP) is 2.29. The molecule has 1 N–H and O–H groups in total. The highest BCUT2D eigenvalue weighted by atomic mass is 19.1. The molecule has 1 aromatic heterocycles. The molecule has 5 nitrogen and oxygen atoms in total. The molecule has 19 heavy (non-hydrogen) atoms. The first-order chi connectivity index (χ1) is 9.29. The molecule has 0 bridgehead atoms. The average Bonchev–Trinajstić information content (AvgIpc) is 2.91. The van der Waals surface area contributed by atoms with Crippen LogP contribution in [-0.2, 0) is 13.2 Å². The lowest BCUT2D eigenvalue weighted by molar-refractivity contribution is 0.283. The normalized spacial score (nSPS) is 10.6. The van der Waals surface area contributed by atoms with E-state index in [9.17, 15) is 4.39 Å². The summed E-state index contributed by atoms with van der Waals surface area (Å²) < 4.78 is 23.4. The van der Waals surface area contributed by atoms with Crippen molar-refractivity contribution < 1.29 is 13.7 Å². The summed E-state index contributed by atoms with van der Waals surface area (Å²) >= 11 is 0. The molecule has 0 saturated carbocycles. The molecule has 2 rings (SSSR count). The van der Waals surface area contributed by atoms with Crippen LogP contribution in [0.5, 0.6) is 5.75 Å². The SMILES string of the molecule is CCCNCc1cc(F)ccc1OCc1ncon1. The molecule has 0 spiro atoms. The van der Waals surface area contributed by atoms with Gasteiger partial charge in [0.15, 0.2) is 6.61 Å². The molecule has 1 heterocycles. The van der Waals surface area contributed by atoms with Crippen molar-refractivity contribution in [3.05, 3.63) is 41.8 Å². The smallest absolute Gasteiger partial charge is 0.213 e. The van der Waals surface area contributed by atoms with E-state index in [1.807, 2.05) is 0 Å². The van der Waals surface area contributed by atoms with Gasteiger partial charge in [0.25, 0.3) is 0 Å². The highest BCUT2D eigenvalue weighted by Crippen LogP contribution is 2.20. The highest BCUT2D eigenvalue weighted by Gasteiger charge is 2.07. The molecule has 0 radical (unpaired) electrons. The Kier molecular flexibility index (Phi) is 4.85. The minimum atomic E-state index is -0.278. The van der Waals surface area contributed by atoms with Gasteiger partial charge in [-0.05, 0) is 31.2 Å². The predicted molar refractivity (Wildman–Crippen MR) is 67.0 cm³/mol. The van der Waals surface area contributed by atoms with Gasteiger partial charge in [0.1, 0.15) is 11.6 Å². The third-order valence-electron chi connectivity index (χ3n) is 2.53. The first-order valence-corrected chi connectivity index (χ1v) is 6.16. The van der Waals surface area contributed by atoms with Crippen molar-refractivity contribution in [2.24, 2.45) is 0 Å². The van der Waals surface area contributed by atoms with Crippen molar-refractivity contribution >= 4 is 0 Å². The van der Waals surface area contributed by atoms with E-state index in [4.69, 9.17) is 4.74 Å². The van der Waals surface area contributed by atoms with Gasteiger partial charge in [0.2, 0.25) is 12.2 Å². The van der Waals surface area contributed by atoms with E-state index in [0.29, 0.717) is 18.1 Å². The third kappa shape index (κ3) is 4.03. The molecular formula is C13H16FN3O2.